The lowest BCUT2D eigenvalue weighted by molar-refractivity contribution is -0.115. The van der Waals surface area contributed by atoms with Crippen molar-refractivity contribution in [3.8, 4) is 0 Å². The van der Waals surface area contributed by atoms with Crippen molar-refractivity contribution in [2.45, 2.75) is 13.3 Å². The maximum absolute atomic E-state index is 12.1. The summed E-state index contributed by atoms with van der Waals surface area (Å²) in [6.45, 7) is 1.84. The van der Waals surface area contributed by atoms with Crippen LogP contribution in [0.2, 0.25) is 0 Å². The number of nitrogens with zero attached hydrogens (tertiary/aromatic N) is 1. The van der Waals surface area contributed by atoms with Gasteiger partial charge in [-0.3, -0.25) is 4.79 Å². The number of halogens is 1. The number of benzene rings is 2. The summed E-state index contributed by atoms with van der Waals surface area (Å²) in [5, 5.41) is 9.90. The summed E-state index contributed by atoms with van der Waals surface area (Å²) in [6, 6.07) is 16.9. The minimum absolute atomic E-state index is 0.0604. The van der Waals surface area contributed by atoms with Gasteiger partial charge >= 0.3 is 0 Å². The van der Waals surface area contributed by atoms with Gasteiger partial charge in [-0.2, -0.15) is 0 Å². The van der Waals surface area contributed by atoms with E-state index in [1.807, 2.05) is 61.5 Å². The molecule has 2 N–H and O–H groups in total. The Morgan fingerprint density at radius 1 is 1.12 bits per heavy atom. The zero-order chi connectivity index (χ0) is 16.9. The molecule has 0 saturated carbocycles. The molecule has 0 radical (unpaired) electrons. The Bertz CT molecular complexity index is 843. The monoisotopic (exact) mass is 385 g/mol. The number of aromatic nitrogens is 1. The Morgan fingerprint density at radius 3 is 2.50 bits per heavy atom. The van der Waals surface area contributed by atoms with Crippen LogP contribution in [-0.2, 0) is 11.2 Å². The third-order valence-electron chi connectivity index (χ3n) is 3.38. The summed E-state index contributed by atoms with van der Waals surface area (Å²) >= 11 is 3.45. The van der Waals surface area contributed by atoms with Crippen LogP contribution < -0.4 is 10.6 Å². The van der Waals surface area contributed by atoms with Crippen molar-refractivity contribution in [2.24, 2.45) is 0 Å². The van der Waals surface area contributed by atoms with E-state index in [0.717, 1.165) is 27.2 Å². The molecule has 2 aromatic carbocycles. The highest BCUT2D eigenvalue weighted by Gasteiger charge is 2.07. The maximum atomic E-state index is 12.1. The van der Waals surface area contributed by atoms with Gasteiger partial charge in [0.25, 0.3) is 0 Å². The SMILES string of the molecule is Cc1cc(Nc2ccc(NC(=O)Cc3ccccc3Br)cc2)no1. The molecule has 0 bridgehead atoms. The number of hydrogen-bond acceptors (Lipinski definition) is 4. The first-order valence-electron chi connectivity index (χ1n) is 7.44. The van der Waals surface area contributed by atoms with Gasteiger partial charge in [-0.05, 0) is 42.8 Å². The molecule has 122 valence electrons. The summed E-state index contributed by atoms with van der Waals surface area (Å²) in [5.41, 5.74) is 2.57. The Labute approximate surface area is 148 Å². The molecule has 24 heavy (non-hydrogen) atoms. The molecule has 0 aliphatic rings. The molecule has 5 nitrogen and oxygen atoms in total. The normalized spacial score (nSPS) is 10.4. The van der Waals surface area contributed by atoms with Gasteiger partial charge in [-0.15, -0.1) is 0 Å². The van der Waals surface area contributed by atoms with Crippen LogP contribution in [-0.4, -0.2) is 11.1 Å². The van der Waals surface area contributed by atoms with Crippen LogP contribution in [0.25, 0.3) is 0 Å². The molecule has 0 saturated heterocycles. The van der Waals surface area contributed by atoms with Crippen LogP contribution >= 0.6 is 15.9 Å². The predicted octanol–water partition coefficient (Wildman–Crippen LogP) is 4.67. The van der Waals surface area contributed by atoms with Crippen molar-refractivity contribution in [3.63, 3.8) is 0 Å². The Kier molecular flexibility index (Phi) is 4.96. The van der Waals surface area contributed by atoms with E-state index in [1.54, 1.807) is 0 Å². The van der Waals surface area contributed by atoms with E-state index in [-0.39, 0.29) is 5.91 Å². The first kappa shape index (κ1) is 16.3. The Balaban J connectivity index is 1.59. The summed E-state index contributed by atoms with van der Waals surface area (Å²) in [5.74, 6) is 1.33. The number of nitrogens with one attached hydrogen (secondary N) is 2. The molecular weight excluding hydrogens is 370 g/mol. The van der Waals surface area contributed by atoms with Gasteiger partial charge in [0, 0.05) is 21.9 Å². The minimum atomic E-state index is -0.0604. The fourth-order valence-electron chi connectivity index (χ4n) is 2.23. The molecule has 0 fully saturated rings. The van der Waals surface area contributed by atoms with Crippen molar-refractivity contribution in [1.29, 1.82) is 0 Å². The minimum Gasteiger partial charge on any atom is -0.360 e. The summed E-state index contributed by atoms with van der Waals surface area (Å²) in [7, 11) is 0. The smallest absolute Gasteiger partial charge is 0.228 e. The van der Waals surface area contributed by atoms with Crippen molar-refractivity contribution in [3.05, 3.63) is 70.4 Å². The van der Waals surface area contributed by atoms with Gasteiger partial charge in [-0.25, -0.2) is 0 Å². The fraction of sp³-hybridized carbons (Fsp3) is 0.111. The third-order valence-corrected chi connectivity index (χ3v) is 4.15. The average Bonchev–Trinajstić information content (AvgIpc) is 2.96. The Morgan fingerprint density at radius 2 is 1.83 bits per heavy atom. The number of carbonyl (C=O) groups is 1. The van der Waals surface area contributed by atoms with Gasteiger partial charge in [0.2, 0.25) is 5.91 Å². The van der Waals surface area contributed by atoms with Gasteiger partial charge in [0.1, 0.15) is 5.76 Å². The predicted molar refractivity (Wildman–Crippen MR) is 97.4 cm³/mol. The van der Waals surface area contributed by atoms with Crippen molar-refractivity contribution >= 4 is 39.0 Å². The van der Waals surface area contributed by atoms with E-state index in [4.69, 9.17) is 4.52 Å². The van der Waals surface area contributed by atoms with Crippen molar-refractivity contribution in [1.82, 2.24) is 5.16 Å². The molecule has 0 atom stereocenters. The highest BCUT2D eigenvalue weighted by Crippen LogP contribution is 2.20. The molecular formula is C18H16BrN3O2. The molecule has 0 aliphatic heterocycles. The van der Waals surface area contributed by atoms with Crippen LogP contribution in [0, 0.1) is 6.92 Å². The lowest BCUT2D eigenvalue weighted by Crippen LogP contribution is -2.14. The van der Waals surface area contributed by atoms with E-state index in [1.165, 1.54) is 0 Å². The number of carbonyl (C=O) groups excluding carboxylic acids is 1. The highest BCUT2D eigenvalue weighted by molar-refractivity contribution is 9.10. The van der Waals surface area contributed by atoms with Crippen LogP contribution in [0.5, 0.6) is 0 Å². The molecule has 6 heteroatoms. The molecule has 1 amide bonds. The number of anilines is 3. The van der Waals surface area contributed by atoms with Crippen molar-refractivity contribution in [2.75, 3.05) is 10.6 Å². The van der Waals surface area contributed by atoms with Gasteiger partial charge in [0.05, 0.1) is 6.42 Å². The van der Waals surface area contributed by atoms with E-state index in [9.17, 15) is 4.79 Å². The molecule has 0 spiro atoms. The molecule has 1 aromatic heterocycles. The molecule has 1 heterocycles. The summed E-state index contributed by atoms with van der Waals surface area (Å²) in [4.78, 5) is 12.1. The topological polar surface area (TPSA) is 67.2 Å². The van der Waals surface area contributed by atoms with Crippen molar-refractivity contribution < 1.29 is 9.32 Å². The zero-order valence-corrected chi connectivity index (χ0v) is 14.6. The first-order valence-corrected chi connectivity index (χ1v) is 8.23. The van der Waals surface area contributed by atoms with Crippen LogP contribution in [0.3, 0.4) is 0 Å². The second-order valence-electron chi connectivity index (χ2n) is 5.34. The molecule has 3 rings (SSSR count). The maximum Gasteiger partial charge on any atom is 0.228 e. The number of hydrogen-bond donors (Lipinski definition) is 2. The molecule has 0 unspecified atom stereocenters. The summed E-state index contributed by atoms with van der Waals surface area (Å²) < 4.78 is 5.94. The highest BCUT2D eigenvalue weighted by atomic mass is 79.9. The van der Waals surface area contributed by atoms with E-state index < -0.39 is 0 Å². The molecule has 0 aliphatic carbocycles. The Hall–Kier alpha value is -2.60. The third kappa shape index (κ3) is 4.23. The second kappa shape index (κ2) is 7.31. The van der Waals surface area contributed by atoms with Gasteiger partial charge < -0.3 is 15.2 Å². The standard InChI is InChI=1S/C18H16BrN3O2/c1-12-10-17(22-24-12)20-14-6-8-15(9-7-14)21-18(23)11-13-4-2-3-5-16(13)19/h2-10H,11H2,1H3,(H,20,22)(H,21,23). The van der Waals surface area contributed by atoms with E-state index in [2.05, 4.69) is 31.7 Å². The van der Waals surface area contributed by atoms with E-state index in [0.29, 0.717) is 12.2 Å². The second-order valence-corrected chi connectivity index (χ2v) is 6.20. The fourth-order valence-corrected chi connectivity index (χ4v) is 2.65. The number of aryl methyl sites for hydroxylation is 1. The van der Waals surface area contributed by atoms with Gasteiger partial charge in [-0.1, -0.05) is 39.3 Å². The van der Waals surface area contributed by atoms with E-state index >= 15 is 0 Å². The number of rotatable bonds is 5. The van der Waals surface area contributed by atoms with Crippen LogP contribution in [0.15, 0.2) is 63.6 Å². The lowest BCUT2D eigenvalue weighted by atomic mass is 10.1. The average molecular weight is 386 g/mol. The largest absolute Gasteiger partial charge is 0.360 e. The van der Waals surface area contributed by atoms with Crippen LogP contribution in [0.1, 0.15) is 11.3 Å². The number of amides is 1. The lowest BCUT2D eigenvalue weighted by Gasteiger charge is -2.08. The zero-order valence-electron chi connectivity index (χ0n) is 13.0. The summed E-state index contributed by atoms with van der Waals surface area (Å²) in [6.07, 6.45) is 0.319. The van der Waals surface area contributed by atoms with Gasteiger partial charge in [0.15, 0.2) is 5.82 Å². The quantitative estimate of drug-likeness (QED) is 0.669. The van der Waals surface area contributed by atoms with Crippen LogP contribution in [0.4, 0.5) is 17.2 Å². The first-order chi connectivity index (χ1) is 11.6. The molecule has 3 aromatic rings.